The van der Waals surface area contributed by atoms with Crippen LogP contribution in [0.4, 0.5) is 5.82 Å². The standard InChI is InChI=1S/C14H9N5OS.C5H9NO2.C2H6/c1-2-7-3-8(11-10(4-7)21-6-18-11)9-5-17-13(15)12(19-9)14(16)20;1-6-3-2-4(7)5(6)8;1-2/h1,3-6H,(H2,15,17)(H2,16,20);4,7H,2-3H2,1H3;1-2H3/t;4-;/m.0./s1. The molecule has 1 aromatic carbocycles. The number of fused-ring (bicyclic) bond motifs is 1. The smallest absolute Gasteiger partial charge is 0.271 e. The summed E-state index contributed by atoms with van der Waals surface area (Å²) >= 11 is 1.47. The van der Waals surface area contributed by atoms with Gasteiger partial charge in [0.25, 0.3) is 11.8 Å². The first-order valence-corrected chi connectivity index (χ1v) is 10.4. The zero-order chi connectivity index (χ0) is 23.1. The van der Waals surface area contributed by atoms with E-state index in [9.17, 15) is 9.59 Å². The molecular formula is C21H24N6O3S. The second-order valence-corrected chi connectivity index (χ2v) is 7.17. The Morgan fingerprint density at radius 2 is 2.06 bits per heavy atom. The highest BCUT2D eigenvalue weighted by Gasteiger charge is 2.26. The molecule has 162 valence electrons. The molecule has 1 aliphatic rings. The van der Waals surface area contributed by atoms with Crippen LogP contribution in [0.1, 0.15) is 36.3 Å². The quantitative estimate of drug-likeness (QED) is 0.513. The molecule has 0 unspecified atom stereocenters. The van der Waals surface area contributed by atoms with Crippen molar-refractivity contribution in [3.05, 3.63) is 35.1 Å². The van der Waals surface area contributed by atoms with Crippen molar-refractivity contribution in [3.8, 4) is 23.6 Å². The minimum Gasteiger partial charge on any atom is -0.383 e. The number of thiazole rings is 1. The Balaban J connectivity index is 0.000000286. The van der Waals surface area contributed by atoms with Crippen molar-refractivity contribution in [2.24, 2.45) is 5.73 Å². The van der Waals surface area contributed by atoms with Gasteiger partial charge in [0, 0.05) is 24.7 Å². The molecule has 2 amide bonds. The first-order valence-electron chi connectivity index (χ1n) is 9.51. The molecule has 0 saturated carbocycles. The van der Waals surface area contributed by atoms with Crippen LogP contribution in [0.25, 0.3) is 21.5 Å². The summed E-state index contributed by atoms with van der Waals surface area (Å²) in [5.74, 6) is 1.70. The van der Waals surface area contributed by atoms with Crippen LogP contribution < -0.4 is 11.5 Å². The lowest BCUT2D eigenvalue weighted by Gasteiger charge is -2.06. The van der Waals surface area contributed by atoms with Crippen LogP contribution in [0.5, 0.6) is 0 Å². The van der Waals surface area contributed by atoms with E-state index in [0.29, 0.717) is 29.8 Å². The third kappa shape index (κ3) is 5.33. The zero-order valence-electron chi connectivity index (χ0n) is 17.5. The Morgan fingerprint density at radius 1 is 1.35 bits per heavy atom. The number of aromatic nitrogens is 3. The van der Waals surface area contributed by atoms with Crippen LogP contribution in [-0.4, -0.2) is 56.5 Å². The number of aliphatic hydroxyl groups is 1. The molecule has 2 aromatic heterocycles. The Hall–Kier alpha value is -3.55. The fraction of sp³-hybridized carbons (Fsp3) is 0.286. The van der Waals surface area contributed by atoms with Crippen LogP contribution in [-0.2, 0) is 4.79 Å². The molecule has 0 bridgehead atoms. The number of nitrogen functional groups attached to an aromatic ring is 1. The van der Waals surface area contributed by atoms with Gasteiger partial charge in [0.05, 0.1) is 27.6 Å². The Labute approximate surface area is 184 Å². The highest BCUT2D eigenvalue weighted by atomic mass is 32.1. The molecule has 4 rings (SSSR count). The third-order valence-corrected chi connectivity index (χ3v) is 5.09. The predicted molar refractivity (Wildman–Crippen MR) is 121 cm³/mol. The molecule has 3 heterocycles. The minimum atomic E-state index is -0.732. The van der Waals surface area contributed by atoms with Crippen molar-refractivity contribution in [1.82, 2.24) is 19.9 Å². The number of rotatable bonds is 2. The van der Waals surface area contributed by atoms with Gasteiger partial charge < -0.3 is 21.5 Å². The number of carbonyl (C=O) groups is 2. The first-order chi connectivity index (χ1) is 14.8. The maximum absolute atomic E-state index is 11.3. The number of likely N-dealkylation sites (N-methyl/N-ethyl adjacent to an activating group) is 1. The summed E-state index contributed by atoms with van der Waals surface area (Å²) in [4.78, 5) is 35.9. The molecule has 1 aliphatic heterocycles. The number of aliphatic hydroxyl groups excluding tert-OH is 1. The average Bonchev–Trinajstić information content (AvgIpc) is 3.37. The van der Waals surface area contributed by atoms with Crippen molar-refractivity contribution in [2.75, 3.05) is 19.3 Å². The number of primary amides is 1. The topological polar surface area (TPSA) is 148 Å². The number of nitrogens with zero attached hydrogens (tertiary/aromatic N) is 4. The van der Waals surface area contributed by atoms with Crippen molar-refractivity contribution in [1.29, 1.82) is 0 Å². The lowest BCUT2D eigenvalue weighted by atomic mass is 10.1. The van der Waals surface area contributed by atoms with E-state index in [4.69, 9.17) is 23.0 Å². The lowest BCUT2D eigenvalue weighted by molar-refractivity contribution is -0.133. The van der Waals surface area contributed by atoms with Crippen LogP contribution in [0.3, 0.4) is 0 Å². The molecule has 5 N–H and O–H groups in total. The number of amides is 2. The summed E-state index contributed by atoms with van der Waals surface area (Å²) in [6.07, 6.45) is 6.80. The van der Waals surface area contributed by atoms with Gasteiger partial charge in [-0.25, -0.2) is 15.0 Å². The summed E-state index contributed by atoms with van der Waals surface area (Å²) in [5, 5.41) is 8.78. The molecule has 3 aromatic rings. The average molecular weight is 441 g/mol. The van der Waals surface area contributed by atoms with Gasteiger partial charge in [-0.05, 0) is 18.6 Å². The summed E-state index contributed by atoms with van der Waals surface area (Å²) < 4.78 is 0.930. The van der Waals surface area contributed by atoms with Crippen molar-refractivity contribution in [2.45, 2.75) is 26.4 Å². The SMILES string of the molecule is C#Cc1cc(-c2cnc(N)c(C(N)=O)n2)c2ncsc2c1.CC.CN1CC[C@H](O)C1=O. The molecule has 0 aliphatic carbocycles. The van der Waals surface area contributed by atoms with Crippen LogP contribution >= 0.6 is 11.3 Å². The number of hydrogen-bond donors (Lipinski definition) is 3. The number of anilines is 1. The summed E-state index contributed by atoms with van der Waals surface area (Å²) in [6.45, 7) is 4.69. The van der Waals surface area contributed by atoms with E-state index >= 15 is 0 Å². The molecule has 31 heavy (non-hydrogen) atoms. The van der Waals surface area contributed by atoms with Gasteiger partial charge in [0.15, 0.2) is 11.5 Å². The van der Waals surface area contributed by atoms with Gasteiger partial charge >= 0.3 is 0 Å². The van der Waals surface area contributed by atoms with Crippen LogP contribution in [0.2, 0.25) is 0 Å². The summed E-state index contributed by atoms with van der Waals surface area (Å²) in [5.41, 5.74) is 15.1. The fourth-order valence-electron chi connectivity index (χ4n) is 2.76. The van der Waals surface area contributed by atoms with E-state index in [1.165, 1.54) is 22.4 Å². The monoisotopic (exact) mass is 440 g/mol. The number of benzene rings is 1. The van der Waals surface area contributed by atoms with E-state index in [2.05, 4.69) is 20.9 Å². The van der Waals surface area contributed by atoms with E-state index in [1.807, 2.05) is 19.9 Å². The highest BCUT2D eigenvalue weighted by molar-refractivity contribution is 7.16. The maximum atomic E-state index is 11.3. The number of terminal acetylenes is 1. The number of nitrogens with two attached hydrogens (primary N) is 2. The zero-order valence-corrected chi connectivity index (χ0v) is 18.3. The Kier molecular flexibility index (Phi) is 8.01. The highest BCUT2D eigenvalue weighted by Crippen LogP contribution is 2.30. The largest absolute Gasteiger partial charge is 0.383 e. The second kappa shape index (κ2) is 10.5. The van der Waals surface area contributed by atoms with Crippen molar-refractivity contribution >= 4 is 39.2 Å². The van der Waals surface area contributed by atoms with Crippen LogP contribution in [0, 0.1) is 12.3 Å². The molecule has 10 heteroatoms. The number of likely N-dealkylation sites (tertiary alicyclic amines) is 1. The van der Waals surface area contributed by atoms with Crippen molar-refractivity contribution < 1.29 is 14.7 Å². The molecule has 0 radical (unpaired) electrons. The Bertz CT molecular complexity index is 1130. The second-order valence-electron chi connectivity index (χ2n) is 6.28. The molecule has 1 atom stereocenters. The fourth-order valence-corrected chi connectivity index (χ4v) is 3.50. The summed E-state index contributed by atoms with van der Waals surface area (Å²) in [6, 6.07) is 3.64. The summed E-state index contributed by atoms with van der Waals surface area (Å²) in [7, 11) is 1.69. The molecule has 1 saturated heterocycles. The third-order valence-electron chi connectivity index (χ3n) is 4.31. The van der Waals surface area contributed by atoms with Gasteiger partial charge in [-0.3, -0.25) is 9.59 Å². The first kappa shape index (κ1) is 23.7. The maximum Gasteiger partial charge on any atom is 0.271 e. The molecular weight excluding hydrogens is 416 g/mol. The van der Waals surface area contributed by atoms with E-state index in [0.717, 1.165) is 10.2 Å². The van der Waals surface area contributed by atoms with E-state index < -0.39 is 12.0 Å². The van der Waals surface area contributed by atoms with Gasteiger partial charge in [-0.15, -0.1) is 17.8 Å². The minimum absolute atomic E-state index is 0.00567. The predicted octanol–water partition coefficient (Wildman–Crippen LogP) is 1.65. The number of hydrogen-bond acceptors (Lipinski definition) is 8. The van der Waals surface area contributed by atoms with E-state index in [1.54, 1.807) is 18.6 Å². The number of carbonyl (C=O) groups excluding carboxylic acids is 2. The molecule has 0 spiro atoms. The van der Waals surface area contributed by atoms with Gasteiger partial charge in [0.2, 0.25) is 0 Å². The lowest BCUT2D eigenvalue weighted by Crippen LogP contribution is -2.24. The molecule has 9 nitrogen and oxygen atoms in total. The normalized spacial score (nSPS) is 14.9. The van der Waals surface area contributed by atoms with E-state index in [-0.39, 0.29) is 17.4 Å². The Morgan fingerprint density at radius 3 is 2.58 bits per heavy atom. The van der Waals surface area contributed by atoms with Gasteiger partial charge in [0.1, 0.15) is 6.10 Å². The molecule has 1 fully saturated rings. The van der Waals surface area contributed by atoms with Crippen molar-refractivity contribution in [3.63, 3.8) is 0 Å². The van der Waals surface area contributed by atoms with Gasteiger partial charge in [-0.1, -0.05) is 19.8 Å². The van der Waals surface area contributed by atoms with Crippen LogP contribution in [0.15, 0.2) is 23.8 Å². The van der Waals surface area contributed by atoms with Gasteiger partial charge in [-0.2, -0.15) is 0 Å².